The van der Waals surface area contributed by atoms with Crippen LogP contribution in [0.15, 0.2) is 65.9 Å². The molecule has 1 aromatic heterocycles. The predicted octanol–water partition coefficient (Wildman–Crippen LogP) is 4.77. The van der Waals surface area contributed by atoms with Crippen LogP contribution in [0.2, 0.25) is 0 Å². The lowest BCUT2D eigenvalue weighted by Crippen LogP contribution is -2.62. The third-order valence-electron chi connectivity index (χ3n) is 13.9. The number of nitrogens with one attached hydrogen (secondary N) is 4. The molecule has 4 heterocycles. The van der Waals surface area contributed by atoms with Gasteiger partial charge in [-0.1, -0.05) is 51.7 Å². The second kappa shape index (κ2) is 26.4. The van der Waals surface area contributed by atoms with Crippen molar-refractivity contribution in [1.29, 1.82) is 0 Å². The smallest absolute Gasteiger partial charge is 0.407 e. The van der Waals surface area contributed by atoms with E-state index >= 15 is 8.78 Å². The molecule has 418 valence electrons. The van der Waals surface area contributed by atoms with E-state index in [0.717, 1.165) is 82.5 Å². The number of fused-ring (bicyclic) bond motifs is 2. The van der Waals surface area contributed by atoms with E-state index in [0.29, 0.717) is 41.0 Å². The molecule has 3 aromatic rings. The zero-order valence-electron chi connectivity index (χ0n) is 43.6. The Morgan fingerprint density at radius 3 is 1.92 bits per heavy atom. The number of allylic oxidation sites excluding steroid dienone is 1. The minimum Gasteiger partial charge on any atom is -0.453 e. The minimum absolute atomic E-state index is 0.188. The van der Waals surface area contributed by atoms with E-state index in [2.05, 4.69) is 52.7 Å². The predicted molar refractivity (Wildman–Crippen MR) is 274 cm³/mol. The Balaban J connectivity index is 1.28. The highest BCUT2D eigenvalue weighted by atomic mass is 19.3. The topological polar surface area (TPSA) is 225 Å². The summed E-state index contributed by atoms with van der Waals surface area (Å²) in [4.78, 5) is 65.6. The van der Waals surface area contributed by atoms with Gasteiger partial charge in [0.05, 0.1) is 59.0 Å². The second-order valence-electron chi connectivity index (χ2n) is 20.5. The summed E-state index contributed by atoms with van der Waals surface area (Å²) in [6.07, 6.45) is 1.24. The van der Waals surface area contributed by atoms with Crippen LogP contribution in [0.4, 0.5) is 41.7 Å². The number of hydrogen-bond donors (Lipinski definition) is 6. The molecule has 3 saturated heterocycles. The number of piperazine rings is 1. The van der Waals surface area contributed by atoms with Gasteiger partial charge in [-0.25, -0.2) is 33.4 Å². The highest BCUT2D eigenvalue weighted by Gasteiger charge is 2.46. The average molecular weight is 1090 g/mol. The van der Waals surface area contributed by atoms with Crippen LogP contribution in [-0.4, -0.2) is 160 Å². The summed E-state index contributed by atoms with van der Waals surface area (Å²) in [5.41, 5.74) is 5.25. The number of benzene rings is 2. The van der Waals surface area contributed by atoms with Gasteiger partial charge < -0.3 is 45.9 Å². The molecule has 6 rings (SSSR count). The maximum Gasteiger partial charge on any atom is 0.407 e. The van der Waals surface area contributed by atoms with Crippen LogP contribution in [0.25, 0.3) is 5.57 Å². The summed E-state index contributed by atoms with van der Waals surface area (Å²) >= 11 is 0. The van der Waals surface area contributed by atoms with Gasteiger partial charge in [-0.2, -0.15) is 8.78 Å². The van der Waals surface area contributed by atoms with E-state index < -0.39 is 109 Å². The lowest BCUT2D eigenvalue weighted by Gasteiger charge is -2.47. The zero-order chi connectivity index (χ0) is 56.2. The summed E-state index contributed by atoms with van der Waals surface area (Å²) in [7, 11) is 2.04. The van der Waals surface area contributed by atoms with Gasteiger partial charge in [0.2, 0.25) is 5.91 Å². The van der Waals surface area contributed by atoms with E-state index in [4.69, 9.17) is 20.2 Å². The number of amides is 4. The number of aromatic nitrogens is 1. The van der Waals surface area contributed by atoms with Gasteiger partial charge in [0, 0.05) is 90.0 Å². The van der Waals surface area contributed by atoms with Crippen LogP contribution in [0.5, 0.6) is 0 Å². The molecule has 24 heteroatoms. The fourth-order valence-corrected chi connectivity index (χ4v) is 9.36. The Hall–Kier alpha value is -6.94. The van der Waals surface area contributed by atoms with Gasteiger partial charge in [0.1, 0.15) is 29.5 Å². The van der Waals surface area contributed by atoms with E-state index in [1.165, 1.54) is 27.7 Å². The normalized spacial score (nSPS) is 18.7. The standard InChI is InChI=1S/C53H66F6N10O8/c1-52(2,29-54)45(64-50(73)75-5)47(71)63-42(17-32-10-7-31(8-11-32)9-12-33-13-16-44(61-21-33)67-23-36-14-15-37(24-67)69(36)38-27-77-28-38)43(70)26-68(66-48(72)46(53(3,4)30-55)65-51(74)76-6)25-39-40(56)18-34(19-41(39)57)35(20-60)22-62-49(58)59/h7-8,10-11,13,16,18-22,36-38,42-43,45-46,49,70H,14-15,17,23-30,60H2,1-6H3,(H,63,71)(H,64,73)(H,65,74)(H,66,72)/t36?,37?,42-,43-,45+,46+/m0/s1. The number of alkyl carbamates (subject to hydrolysis) is 2. The van der Waals surface area contributed by atoms with Gasteiger partial charge in [-0.3, -0.25) is 28.7 Å². The van der Waals surface area contributed by atoms with Crippen molar-refractivity contribution in [3.63, 3.8) is 0 Å². The lowest BCUT2D eigenvalue weighted by molar-refractivity contribution is -0.133. The Labute approximate surface area is 443 Å². The molecule has 3 aliphatic rings. The Bertz CT molecular complexity index is 2630. The number of hydrogen-bond acceptors (Lipinski definition) is 14. The van der Waals surface area contributed by atoms with Gasteiger partial charge in [-0.05, 0) is 66.8 Å². The molecule has 0 saturated carbocycles. The number of halogens is 6. The third kappa shape index (κ3) is 15.4. The number of alkyl halides is 4. The largest absolute Gasteiger partial charge is 0.453 e. The SMILES string of the molecule is COC(=O)N[C@H](C(=O)N[C@@H](Cc1ccc(C#Cc2ccc(N3CC4CCC(C3)N4C3COC3)nc2)cc1)[C@@H](O)CN(Cc1c(F)cc(C(C=NC(F)F)=CN)cc1F)NC(=O)[C@@H](NC(=O)OC)C(C)(C)CF)C(C)(C)CF. The van der Waals surface area contributed by atoms with E-state index in [1.54, 1.807) is 30.5 Å². The van der Waals surface area contributed by atoms with Crippen molar-refractivity contribution in [2.24, 2.45) is 21.6 Å². The Morgan fingerprint density at radius 2 is 1.43 bits per heavy atom. The van der Waals surface area contributed by atoms with Crippen molar-refractivity contribution in [2.75, 3.05) is 65.3 Å². The molecule has 6 atom stereocenters. The van der Waals surface area contributed by atoms with Crippen molar-refractivity contribution in [2.45, 2.75) is 102 Å². The highest BCUT2D eigenvalue weighted by Crippen LogP contribution is 2.35. The molecule has 3 aliphatic heterocycles. The first-order valence-electron chi connectivity index (χ1n) is 24.8. The average Bonchev–Trinajstić information content (AvgIpc) is 3.62. The number of methoxy groups -OCH3 is 2. The van der Waals surface area contributed by atoms with Crippen LogP contribution in [0, 0.1) is 34.3 Å². The molecular formula is C53H66F6N10O8. The lowest BCUT2D eigenvalue weighted by atomic mass is 9.84. The monoisotopic (exact) mass is 1080 g/mol. The highest BCUT2D eigenvalue weighted by molar-refractivity contribution is 6.09. The molecule has 0 spiro atoms. The summed E-state index contributed by atoms with van der Waals surface area (Å²) in [5, 5.41) is 20.2. The molecule has 2 bridgehead atoms. The van der Waals surface area contributed by atoms with Gasteiger partial charge in [-0.15, -0.1) is 0 Å². The fourth-order valence-electron chi connectivity index (χ4n) is 9.36. The Kier molecular flexibility index (Phi) is 20.3. The molecule has 0 radical (unpaired) electrons. The number of aliphatic hydroxyl groups is 1. The number of nitrogens with zero attached hydrogens (tertiary/aromatic N) is 5. The number of ether oxygens (including phenoxy) is 3. The first-order chi connectivity index (χ1) is 36.6. The third-order valence-corrected chi connectivity index (χ3v) is 13.9. The van der Waals surface area contributed by atoms with Gasteiger partial charge >= 0.3 is 18.7 Å². The van der Waals surface area contributed by atoms with Crippen LogP contribution >= 0.6 is 0 Å². The molecular weight excluding hydrogens is 1020 g/mol. The van der Waals surface area contributed by atoms with Crippen LogP contribution in [0.3, 0.4) is 0 Å². The summed E-state index contributed by atoms with van der Waals surface area (Å²) < 4.78 is 102. The quantitative estimate of drug-likeness (QED) is 0.0263. The number of pyridine rings is 1. The number of rotatable bonds is 22. The van der Waals surface area contributed by atoms with Crippen molar-refractivity contribution < 1.29 is 64.8 Å². The molecule has 2 aromatic carbocycles. The van der Waals surface area contributed by atoms with Crippen molar-refractivity contribution in [3.05, 3.63) is 100 Å². The number of aliphatic hydroxyl groups excluding tert-OH is 1. The molecule has 18 nitrogen and oxygen atoms in total. The second-order valence-corrected chi connectivity index (χ2v) is 20.5. The number of nitrogens with two attached hydrogens (primary N) is 1. The van der Waals surface area contributed by atoms with Crippen LogP contribution in [0.1, 0.15) is 68.4 Å². The van der Waals surface area contributed by atoms with Crippen molar-refractivity contribution in [1.82, 2.24) is 36.3 Å². The number of anilines is 1. The number of carbonyl (C=O) groups excluding carboxylic acids is 4. The number of aliphatic imine (C=N–C) groups is 1. The number of carbonyl (C=O) groups is 4. The summed E-state index contributed by atoms with van der Waals surface area (Å²) in [5.74, 6) is 2.47. The molecule has 0 aliphatic carbocycles. The Morgan fingerprint density at radius 1 is 0.870 bits per heavy atom. The van der Waals surface area contributed by atoms with Gasteiger partial charge in [0.25, 0.3) is 5.91 Å². The zero-order valence-corrected chi connectivity index (χ0v) is 43.6. The summed E-state index contributed by atoms with van der Waals surface area (Å²) in [6, 6.07) is 8.86. The first-order valence-corrected chi connectivity index (χ1v) is 24.8. The van der Waals surface area contributed by atoms with E-state index in [1.807, 2.05) is 12.1 Å². The van der Waals surface area contributed by atoms with Crippen molar-refractivity contribution >= 4 is 41.6 Å². The molecule has 7 N–H and O–H groups in total. The molecule has 77 heavy (non-hydrogen) atoms. The van der Waals surface area contributed by atoms with E-state index in [9.17, 15) is 41.8 Å². The van der Waals surface area contributed by atoms with Crippen LogP contribution < -0.4 is 32.0 Å². The van der Waals surface area contributed by atoms with Crippen molar-refractivity contribution in [3.8, 4) is 11.8 Å². The fraction of sp³-hybridized carbons (Fsp3) is 0.509. The molecule has 3 fully saturated rings. The molecule has 2 unspecified atom stereocenters. The number of hydrazine groups is 1. The van der Waals surface area contributed by atoms with E-state index in [-0.39, 0.29) is 17.6 Å². The van der Waals surface area contributed by atoms with Gasteiger partial charge in [0.15, 0.2) is 0 Å². The van der Waals surface area contributed by atoms with Crippen LogP contribution in [-0.2, 0) is 36.8 Å². The minimum atomic E-state index is -3.16. The summed E-state index contributed by atoms with van der Waals surface area (Å²) in [6.45, 7) is 1.60. The maximum atomic E-state index is 16.0. The maximum absolute atomic E-state index is 16.0. The molecule has 4 amide bonds. The first kappa shape index (κ1) is 59.3.